The van der Waals surface area contributed by atoms with Gasteiger partial charge in [0.15, 0.2) is 0 Å². The maximum Gasteiger partial charge on any atom is -0.00251 e. The number of fused-ring (bicyclic) bond motifs is 12. The van der Waals surface area contributed by atoms with Gasteiger partial charge in [-0.15, -0.1) is 0 Å². The van der Waals surface area contributed by atoms with Gasteiger partial charge in [-0.25, -0.2) is 0 Å². The van der Waals surface area contributed by atoms with Gasteiger partial charge in [0.05, 0.1) is 0 Å². The Bertz CT molecular complexity index is 5590. The molecule has 0 aliphatic heterocycles. The molecule has 0 unspecified atom stereocenters. The Morgan fingerprint density at radius 1 is 0.111 bits per heavy atom. The zero-order valence-electron chi connectivity index (χ0n) is 61.1. The van der Waals surface area contributed by atoms with Crippen molar-refractivity contribution in [3.8, 4) is 66.8 Å². The standard InChI is InChI=1S/C108H84/c1-3-9-73(10-4-1)41-75-17-29-99(30-18-75)105-65-89-53-90-55-92(68-106(66-90)100-31-19-76(20-32-100)42-74-11-5-2-6-12-74)57-94-59-96-60-95-58-93(56-91(54-89)67-105)69-107(71-95)101-37-25-79(26-38-101)43-77-21-33-97(34-22-77)103-61-85-48-83-15-7-13-81(46-83)45-82-14-8-16-84(47-82)49-86-51-88(52-87(50-85)63-103)64-104(62-86)98-35-23-78(24-36-98)44-80-27-39-102(40-28-80)108(70-94)72-96/h1-40,46-47,50-51,54-55,58-59,61-72H,41-45,48-49,52-53,56-57,60H2. The first-order chi connectivity index (χ1) is 53.2. The van der Waals surface area contributed by atoms with E-state index < -0.39 is 0 Å². The fourth-order valence-corrected chi connectivity index (χ4v) is 17.4. The summed E-state index contributed by atoms with van der Waals surface area (Å²) in [4.78, 5) is 0. The lowest BCUT2D eigenvalue weighted by atomic mass is 9.88. The minimum absolute atomic E-state index is 0.796. The van der Waals surface area contributed by atoms with E-state index in [9.17, 15) is 0 Å². The summed E-state index contributed by atoms with van der Waals surface area (Å²) in [6, 6.07) is 141. The summed E-state index contributed by atoms with van der Waals surface area (Å²) in [5.41, 5.74) is 46.7. The van der Waals surface area contributed by atoms with Crippen LogP contribution in [0, 0.1) is 0 Å². The van der Waals surface area contributed by atoms with Crippen LogP contribution in [0.4, 0.5) is 0 Å². The number of benzene rings is 16. The van der Waals surface area contributed by atoms with Crippen LogP contribution in [0.15, 0.2) is 364 Å². The third-order valence-corrected chi connectivity index (χ3v) is 22.6. The Balaban J connectivity index is 0.720. The highest BCUT2D eigenvalue weighted by Crippen LogP contribution is 2.37. The van der Waals surface area contributed by atoms with Crippen molar-refractivity contribution in [3.63, 3.8) is 0 Å². The minimum Gasteiger partial charge on any atom is -0.0622 e. The highest BCUT2D eigenvalue weighted by Gasteiger charge is 2.18. The average molecular weight is 1380 g/mol. The van der Waals surface area contributed by atoms with Crippen LogP contribution in [0.2, 0.25) is 0 Å². The third-order valence-electron chi connectivity index (χ3n) is 22.6. The lowest BCUT2D eigenvalue weighted by Gasteiger charge is -2.17. The second-order valence-corrected chi connectivity index (χ2v) is 31.1. The first kappa shape index (κ1) is 66.2. The number of hydrogen-bond donors (Lipinski definition) is 0. The van der Waals surface area contributed by atoms with Crippen molar-refractivity contribution in [1.82, 2.24) is 0 Å². The molecule has 0 aromatic heterocycles. The van der Waals surface area contributed by atoms with Crippen LogP contribution in [0.25, 0.3) is 66.8 Å². The lowest BCUT2D eigenvalue weighted by molar-refractivity contribution is 1.09. The molecule has 9 aliphatic carbocycles. The van der Waals surface area contributed by atoms with Gasteiger partial charge in [0.25, 0.3) is 0 Å². The molecule has 0 fully saturated rings. The summed E-state index contributed by atoms with van der Waals surface area (Å²) < 4.78 is 0. The van der Waals surface area contributed by atoms with Crippen LogP contribution in [0.3, 0.4) is 0 Å². The fourth-order valence-electron chi connectivity index (χ4n) is 17.4. The zero-order chi connectivity index (χ0) is 71.7. The van der Waals surface area contributed by atoms with Crippen molar-refractivity contribution in [1.29, 1.82) is 0 Å². The first-order valence-corrected chi connectivity index (χ1v) is 38.8. The summed E-state index contributed by atoms with van der Waals surface area (Å²) in [5.74, 6) is 0. The smallest absolute Gasteiger partial charge is 0.00251 e. The van der Waals surface area contributed by atoms with Crippen molar-refractivity contribution in [3.05, 3.63) is 498 Å². The van der Waals surface area contributed by atoms with Crippen LogP contribution in [0.5, 0.6) is 0 Å². The van der Waals surface area contributed by atoms with Crippen molar-refractivity contribution < 1.29 is 0 Å². The molecule has 0 heteroatoms. The van der Waals surface area contributed by atoms with Gasteiger partial charge >= 0.3 is 0 Å². The summed E-state index contributed by atoms with van der Waals surface area (Å²) in [6.07, 6.45) is 10.2. The predicted octanol–water partition coefficient (Wildman–Crippen LogP) is 25.7. The van der Waals surface area contributed by atoms with Crippen LogP contribution in [-0.2, 0) is 77.0 Å². The maximum atomic E-state index is 2.50. The van der Waals surface area contributed by atoms with Gasteiger partial charge in [0.1, 0.15) is 0 Å². The van der Waals surface area contributed by atoms with Crippen LogP contribution >= 0.6 is 0 Å². The Labute approximate surface area is 637 Å². The molecule has 0 N–H and O–H groups in total. The Kier molecular flexibility index (Phi) is 18.1. The maximum absolute atomic E-state index is 2.50. The fraction of sp³-hybridized carbons (Fsp3) is 0.111. The average Bonchev–Trinajstić information content (AvgIpc) is 0.809. The summed E-state index contributed by atoms with van der Waals surface area (Å²) >= 11 is 0. The van der Waals surface area contributed by atoms with E-state index in [1.807, 2.05) is 0 Å². The molecule has 0 nitrogen and oxygen atoms in total. The quantitative estimate of drug-likeness (QED) is 0.156. The van der Waals surface area contributed by atoms with E-state index in [0.717, 1.165) is 77.0 Å². The molecule has 0 saturated heterocycles. The van der Waals surface area contributed by atoms with Crippen LogP contribution in [0.1, 0.15) is 134 Å². The number of hydrogen-bond acceptors (Lipinski definition) is 0. The zero-order valence-corrected chi connectivity index (χ0v) is 61.1. The van der Waals surface area contributed by atoms with Crippen molar-refractivity contribution in [2.24, 2.45) is 0 Å². The molecule has 16 aromatic rings. The van der Waals surface area contributed by atoms with Gasteiger partial charge in [-0.3, -0.25) is 0 Å². The summed E-state index contributed by atoms with van der Waals surface area (Å²) in [7, 11) is 0. The van der Waals surface area contributed by atoms with Crippen LogP contribution in [-0.4, -0.2) is 0 Å². The molecular weight excluding hydrogens is 1300 g/mol. The van der Waals surface area contributed by atoms with Gasteiger partial charge in [-0.05, 0) is 277 Å². The Morgan fingerprint density at radius 3 is 0.500 bits per heavy atom. The van der Waals surface area contributed by atoms with Gasteiger partial charge in [0.2, 0.25) is 0 Å². The highest BCUT2D eigenvalue weighted by molar-refractivity contribution is 5.73. The molecule has 0 radical (unpaired) electrons. The van der Waals surface area contributed by atoms with E-state index in [1.165, 1.54) is 200 Å². The van der Waals surface area contributed by atoms with Gasteiger partial charge in [0, 0.05) is 0 Å². The molecule has 9 aliphatic rings. The van der Waals surface area contributed by atoms with E-state index in [0.29, 0.717) is 0 Å². The molecule has 0 atom stereocenters. The van der Waals surface area contributed by atoms with E-state index in [2.05, 4.69) is 364 Å². The molecule has 516 valence electrons. The van der Waals surface area contributed by atoms with E-state index >= 15 is 0 Å². The molecule has 0 amide bonds. The normalized spacial score (nSPS) is 12.9. The van der Waals surface area contributed by atoms with E-state index in [4.69, 9.17) is 0 Å². The highest BCUT2D eigenvalue weighted by atomic mass is 14.2. The van der Waals surface area contributed by atoms with Gasteiger partial charge in [-0.1, -0.05) is 364 Å². The predicted molar refractivity (Wildman–Crippen MR) is 451 cm³/mol. The monoisotopic (exact) mass is 1380 g/mol. The lowest BCUT2D eigenvalue weighted by Crippen LogP contribution is -2.01. The third kappa shape index (κ3) is 15.5. The second-order valence-electron chi connectivity index (χ2n) is 31.1. The molecule has 108 heavy (non-hydrogen) atoms. The van der Waals surface area contributed by atoms with Crippen LogP contribution < -0.4 is 0 Å². The largest absolute Gasteiger partial charge is 0.0622 e. The van der Waals surface area contributed by atoms with Gasteiger partial charge < -0.3 is 0 Å². The van der Waals surface area contributed by atoms with Gasteiger partial charge in [-0.2, -0.15) is 0 Å². The number of rotatable bonds is 6. The van der Waals surface area contributed by atoms with E-state index in [-0.39, 0.29) is 0 Å². The summed E-state index contributed by atoms with van der Waals surface area (Å²) in [6.45, 7) is 0. The molecule has 16 aromatic carbocycles. The molecule has 0 heterocycles. The topological polar surface area (TPSA) is 0 Å². The SMILES string of the molecule is c1ccc(Cc2ccc(-c3cc4cc(c3)Cc3cc5cc(c3)-c3ccc(cc3)Cc3ccc(cc3)-c3cc6cc(c3)Cc3cc(cc(c3)-c3ccc(cc3)Cc3ccc(cc3)-c3cc(cc(c3)C5)Cc3cc(cc(-c5ccc(Cc7ccccc7)cc5)c3)C4)Cc3cccc(c3)Cc3cccc(c3)C6)cc2)cc1. The molecule has 0 saturated carbocycles. The molecule has 28 bridgehead atoms. The first-order valence-electron chi connectivity index (χ1n) is 38.8. The Morgan fingerprint density at radius 2 is 0.278 bits per heavy atom. The molecular formula is C108H84. The van der Waals surface area contributed by atoms with Crippen molar-refractivity contribution in [2.45, 2.75) is 77.0 Å². The van der Waals surface area contributed by atoms with E-state index in [1.54, 1.807) is 0 Å². The van der Waals surface area contributed by atoms with Crippen molar-refractivity contribution >= 4 is 0 Å². The molecule has 25 rings (SSSR count). The minimum atomic E-state index is 0.796. The Hall–Kier alpha value is -12.5. The van der Waals surface area contributed by atoms with Crippen molar-refractivity contribution in [2.75, 3.05) is 0 Å². The second kappa shape index (κ2) is 29.5. The molecule has 0 spiro atoms. The summed E-state index contributed by atoms with van der Waals surface area (Å²) in [5, 5.41) is 0.